The molecular formula is C20H23F3N3O2+. The molecule has 0 atom stereocenters. The largest absolute Gasteiger partial charge is 0.494 e. The first kappa shape index (κ1) is 20.0. The van der Waals surface area contributed by atoms with Crippen LogP contribution in [0, 0.1) is 5.92 Å². The highest BCUT2D eigenvalue weighted by Gasteiger charge is 2.33. The molecule has 0 spiro atoms. The fourth-order valence-electron chi connectivity index (χ4n) is 3.22. The lowest BCUT2D eigenvalue weighted by Gasteiger charge is -2.27. The third-order valence-electron chi connectivity index (χ3n) is 4.76. The van der Waals surface area contributed by atoms with Gasteiger partial charge in [-0.3, -0.25) is 9.69 Å². The van der Waals surface area contributed by atoms with E-state index in [2.05, 4.69) is 10.3 Å². The fraction of sp³-hybridized carbons (Fsp3) is 0.400. The molecule has 1 aromatic carbocycles. The lowest BCUT2D eigenvalue weighted by atomic mass is 9.95. The van der Waals surface area contributed by atoms with Gasteiger partial charge in [-0.05, 0) is 50.1 Å². The highest BCUT2D eigenvalue weighted by molar-refractivity contribution is 5.92. The van der Waals surface area contributed by atoms with Crippen LogP contribution in [0.5, 0.6) is 5.75 Å². The first-order chi connectivity index (χ1) is 13.4. The average molecular weight is 394 g/mol. The number of H-pyrrole nitrogens is 1. The van der Waals surface area contributed by atoms with Crippen LogP contribution in [0.25, 0.3) is 0 Å². The quantitative estimate of drug-likeness (QED) is 0.840. The summed E-state index contributed by atoms with van der Waals surface area (Å²) in [5.74, 6) is 1.21. The van der Waals surface area contributed by atoms with Gasteiger partial charge in [-0.2, -0.15) is 13.2 Å². The average Bonchev–Trinajstić information content (AvgIpc) is 2.69. The maximum atomic E-state index is 12.7. The number of anilines is 2. The van der Waals surface area contributed by atoms with Crippen molar-refractivity contribution in [3.63, 3.8) is 0 Å². The Kier molecular flexibility index (Phi) is 6.06. The van der Waals surface area contributed by atoms with E-state index in [4.69, 9.17) is 4.74 Å². The number of piperidine rings is 1. The Balaban J connectivity index is 1.52. The van der Waals surface area contributed by atoms with E-state index < -0.39 is 11.7 Å². The minimum atomic E-state index is -4.36. The Labute approximate surface area is 161 Å². The summed E-state index contributed by atoms with van der Waals surface area (Å²) in [6.07, 6.45) is -2.11. The zero-order valence-corrected chi connectivity index (χ0v) is 15.6. The number of hydrogen-bond donors (Lipinski definition) is 1. The van der Waals surface area contributed by atoms with Gasteiger partial charge in [0.25, 0.3) is 5.82 Å². The summed E-state index contributed by atoms with van der Waals surface area (Å²) in [5, 5.41) is 2.91. The van der Waals surface area contributed by atoms with Crippen LogP contribution in [0.3, 0.4) is 0 Å². The number of hydrogen-bond acceptors (Lipinski definition) is 3. The van der Waals surface area contributed by atoms with E-state index in [1.54, 1.807) is 12.1 Å². The topological polar surface area (TPSA) is 55.7 Å². The number of carbonyl (C=O) groups is 1. The molecule has 1 saturated heterocycles. The van der Waals surface area contributed by atoms with Crippen molar-refractivity contribution < 1.29 is 27.7 Å². The Morgan fingerprint density at radius 2 is 1.86 bits per heavy atom. The summed E-state index contributed by atoms with van der Waals surface area (Å²) in [5.41, 5.74) is 0.00724. The van der Waals surface area contributed by atoms with Crippen molar-refractivity contribution in [3.8, 4) is 5.75 Å². The summed E-state index contributed by atoms with van der Waals surface area (Å²) < 4.78 is 43.3. The third-order valence-corrected chi connectivity index (χ3v) is 4.76. The molecule has 0 radical (unpaired) electrons. The monoisotopic (exact) mass is 394 g/mol. The van der Waals surface area contributed by atoms with Crippen LogP contribution in [0.4, 0.5) is 24.7 Å². The normalized spacial score (nSPS) is 15.4. The Morgan fingerprint density at radius 1 is 1.18 bits per heavy atom. The van der Waals surface area contributed by atoms with E-state index in [0.717, 1.165) is 18.0 Å². The molecule has 0 unspecified atom stereocenters. The molecule has 8 heteroatoms. The third kappa shape index (κ3) is 4.94. The number of aromatic nitrogens is 1. The van der Waals surface area contributed by atoms with Crippen LogP contribution in [-0.4, -0.2) is 25.6 Å². The first-order valence-electron chi connectivity index (χ1n) is 9.24. The Morgan fingerprint density at radius 3 is 2.39 bits per heavy atom. The van der Waals surface area contributed by atoms with Gasteiger partial charge in [0.2, 0.25) is 5.91 Å². The maximum Gasteiger partial charge on any atom is 0.419 e. The van der Waals surface area contributed by atoms with Crippen molar-refractivity contribution >= 4 is 17.4 Å². The van der Waals surface area contributed by atoms with Crippen LogP contribution >= 0.6 is 0 Å². The lowest BCUT2D eigenvalue weighted by Crippen LogP contribution is -2.40. The van der Waals surface area contributed by atoms with Gasteiger partial charge in [-0.15, -0.1) is 0 Å². The number of carbonyl (C=O) groups excluding carboxylic acids is 1. The number of benzene rings is 1. The molecule has 1 aliphatic heterocycles. The van der Waals surface area contributed by atoms with Crippen molar-refractivity contribution in [2.24, 2.45) is 5.92 Å². The molecule has 2 aromatic rings. The second-order valence-electron chi connectivity index (χ2n) is 6.67. The second kappa shape index (κ2) is 8.50. The summed E-state index contributed by atoms with van der Waals surface area (Å²) >= 11 is 0. The van der Waals surface area contributed by atoms with Gasteiger partial charge in [-0.25, -0.2) is 4.98 Å². The molecule has 5 nitrogen and oxygen atoms in total. The molecule has 1 amide bonds. The zero-order valence-electron chi connectivity index (χ0n) is 15.6. The summed E-state index contributed by atoms with van der Waals surface area (Å²) in [7, 11) is 0. The van der Waals surface area contributed by atoms with Gasteiger partial charge in [0.15, 0.2) is 0 Å². The number of ether oxygens (including phenoxy) is 1. The summed E-state index contributed by atoms with van der Waals surface area (Å²) in [6.45, 7) is 3.69. The van der Waals surface area contributed by atoms with E-state index in [1.807, 2.05) is 24.0 Å². The molecular weight excluding hydrogens is 371 g/mol. The van der Waals surface area contributed by atoms with Crippen molar-refractivity contribution in [1.29, 1.82) is 0 Å². The lowest BCUT2D eigenvalue weighted by molar-refractivity contribution is -0.367. The molecule has 3 rings (SSSR count). The molecule has 28 heavy (non-hydrogen) atoms. The van der Waals surface area contributed by atoms with E-state index in [9.17, 15) is 18.0 Å². The zero-order chi connectivity index (χ0) is 20.1. The van der Waals surface area contributed by atoms with Gasteiger partial charge < -0.3 is 10.1 Å². The molecule has 2 N–H and O–H groups in total. The van der Waals surface area contributed by atoms with Gasteiger partial charge in [0.1, 0.15) is 11.9 Å². The van der Waals surface area contributed by atoms with E-state index >= 15 is 0 Å². The first-order valence-corrected chi connectivity index (χ1v) is 9.24. The van der Waals surface area contributed by atoms with Crippen LogP contribution in [0.15, 0.2) is 42.6 Å². The number of rotatable bonds is 5. The number of amides is 1. The van der Waals surface area contributed by atoms with Crippen molar-refractivity contribution in [2.75, 3.05) is 29.9 Å². The molecule has 1 aromatic heterocycles. The molecule has 0 aliphatic carbocycles. The molecule has 0 bridgehead atoms. The molecule has 1 fully saturated rings. The highest BCUT2D eigenvalue weighted by atomic mass is 19.4. The number of aromatic amines is 1. The number of nitrogens with zero attached hydrogens (tertiary/aromatic N) is 1. The second-order valence-corrected chi connectivity index (χ2v) is 6.67. The Hall–Kier alpha value is -2.77. The number of halogens is 3. The highest BCUT2D eigenvalue weighted by Crippen LogP contribution is 2.29. The van der Waals surface area contributed by atoms with Crippen molar-refractivity contribution in [2.45, 2.75) is 25.9 Å². The Bertz CT molecular complexity index is 784. The van der Waals surface area contributed by atoms with Gasteiger partial charge in [0, 0.05) is 17.7 Å². The number of pyridine rings is 1. The van der Waals surface area contributed by atoms with E-state index in [0.29, 0.717) is 44.0 Å². The van der Waals surface area contributed by atoms with Crippen molar-refractivity contribution in [1.82, 2.24) is 0 Å². The molecule has 2 heterocycles. The van der Waals surface area contributed by atoms with Gasteiger partial charge in [-0.1, -0.05) is 0 Å². The summed E-state index contributed by atoms with van der Waals surface area (Å²) in [6, 6.07) is 9.72. The van der Waals surface area contributed by atoms with Crippen LogP contribution in [-0.2, 0) is 11.0 Å². The minimum Gasteiger partial charge on any atom is -0.494 e. The number of alkyl halides is 3. The predicted molar refractivity (Wildman–Crippen MR) is 99.2 cm³/mol. The van der Waals surface area contributed by atoms with Crippen LogP contribution in [0.1, 0.15) is 25.3 Å². The summed E-state index contributed by atoms with van der Waals surface area (Å²) in [4.78, 5) is 17.1. The van der Waals surface area contributed by atoms with Gasteiger partial charge >= 0.3 is 6.18 Å². The van der Waals surface area contributed by atoms with E-state index in [-0.39, 0.29) is 11.8 Å². The molecule has 0 saturated carbocycles. The fourth-order valence-corrected chi connectivity index (χ4v) is 3.22. The molecule has 150 valence electrons. The minimum absolute atomic E-state index is 0.0415. The molecule has 1 aliphatic rings. The predicted octanol–water partition coefficient (Wildman–Crippen LogP) is 3.77. The maximum absolute atomic E-state index is 12.7. The smallest absolute Gasteiger partial charge is 0.419 e. The standard InChI is InChI=1S/C20H22F3N3O2/c1-2-28-17-6-4-16(5-7-17)25-19(27)14-9-11-26(12-10-14)18-8-3-15(13-24-18)20(21,22)23/h3-8,13-14H,2,9-12H2,1H3,(H,25,27)/p+1. The van der Waals surface area contributed by atoms with Crippen molar-refractivity contribution in [3.05, 3.63) is 48.2 Å². The number of nitrogens with one attached hydrogen (secondary N) is 2. The van der Waals surface area contributed by atoms with Gasteiger partial charge in [0.05, 0.1) is 25.3 Å². The SMILES string of the molecule is CCOc1ccc(NC(=O)C2CCN(c3ccc(C(F)(F)F)c[nH+]3)CC2)cc1. The van der Waals surface area contributed by atoms with Crippen LogP contribution in [0.2, 0.25) is 0 Å². The van der Waals surface area contributed by atoms with Crippen LogP contribution < -0.4 is 19.9 Å². The van der Waals surface area contributed by atoms with E-state index in [1.165, 1.54) is 6.07 Å².